The predicted octanol–water partition coefficient (Wildman–Crippen LogP) is 8.90. The molecule has 1 aliphatic heterocycles. The van der Waals surface area contributed by atoms with E-state index >= 15 is 0 Å². The first-order valence-electron chi connectivity index (χ1n) is 11.0. The van der Waals surface area contributed by atoms with Crippen LogP contribution in [-0.4, -0.2) is 11.4 Å². The van der Waals surface area contributed by atoms with Gasteiger partial charge < -0.3 is 15.5 Å². The fourth-order valence-corrected chi connectivity index (χ4v) is 4.79. The van der Waals surface area contributed by atoms with Gasteiger partial charge in [0.2, 0.25) is 0 Å². The first-order chi connectivity index (χ1) is 16.3. The number of nitrogens with zero attached hydrogens (tertiary/aromatic N) is 1. The molecule has 0 radical (unpaired) electrons. The van der Waals surface area contributed by atoms with E-state index in [-0.39, 0.29) is 11.4 Å². The zero-order valence-corrected chi connectivity index (χ0v) is 21.3. The number of anilines is 5. The highest BCUT2D eigenvalue weighted by Crippen LogP contribution is 2.55. The van der Waals surface area contributed by atoms with Crippen LogP contribution in [0.3, 0.4) is 0 Å². The van der Waals surface area contributed by atoms with Crippen LogP contribution in [0.4, 0.5) is 41.6 Å². The van der Waals surface area contributed by atoms with Gasteiger partial charge in [-0.05, 0) is 74.9 Å². The maximum atomic E-state index is 14.6. The van der Waals surface area contributed by atoms with Crippen LogP contribution < -0.4 is 15.5 Å². The van der Waals surface area contributed by atoms with Crippen LogP contribution in [0.25, 0.3) is 0 Å². The molecule has 1 atom stereocenters. The van der Waals surface area contributed by atoms with Gasteiger partial charge in [-0.3, -0.25) is 0 Å². The lowest BCUT2D eigenvalue weighted by Gasteiger charge is -2.30. The lowest BCUT2D eigenvalue weighted by Crippen LogP contribution is -2.25. The van der Waals surface area contributed by atoms with Crippen molar-refractivity contribution < 1.29 is 13.2 Å². The number of allylic oxidation sites excluding steroid dienone is 1. The summed E-state index contributed by atoms with van der Waals surface area (Å²) in [6.45, 7) is 8.29. The number of hydrogen-bond donors (Lipinski definition) is 2. The Morgan fingerprint density at radius 1 is 0.886 bits per heavy atom. The molecule has 0 amide bonds. The van der Waals surface area contributed by atoms with Crippen molar-refractivity contribution in [2.24, 2.45) is 0 Å². The summed E-state index contributed by atoms with van der Waals surface area (Å²) in [6.07, 6.45) is 0. The molecule has 0 saturated carbocycles. The Hall–Kier alpha value is -2.83. The molecule has 3 nitrogen and oxygen atoms in total. The molecule has 35 heavy (non-hydrogen) atoms. The number of halogens is 5. The van der Waals surface area contributed by atoms with E-state index in [1.54, 1.807) is 26.1 Å². The monoisotopic (exact) mass is 519 g/mol. The van der Waals surface area contributed by atoms with Crippen LogP contribution in [0.5, 0.6) is 0 Å². The van der Waals surface area contributed by atoms with Crippen LogP contribution in [-0.2, 0) is 5.67 Å². The van der Waals surface area contributed by atoms with E-state index < -0.39 is 21.7 Å². The summed E-state index contributed by atoms with van der Waals surface area (Å²) in [5.41, 5.74) is 2.57. The molecule has 0 bridgehead atoms. The molecule has 2 N–H and O–H groups in total. The van der Waals surface area contributed by atoms with E-state index in [0.717, 1.165) is 11.4 Å². The van der Waals surface area contributed by atoms with Crippen molar-refractivity contribution in [3.05, 3.63) is 89.6 Å². The highest BCUT2D eigenvalue weighted by Gasteiger charge is 2.36. The van der Waals surface area contributed by atoms with E-state index in [1.165, 1.54) is 38.1 Å². The van der Waals surface area contributed by atoms with Gasteiger partial charge in [0.15, 0.2) is 0 Å². The second-order valence-electron chi connectivity index (χ2n) is 9.21. The third-order valence-corrected chi connectivity index (χ3v) is 6.45. The molecule has 1 aliphatic rings. The quantitative estimate of drug-likeness (QED) is 0.179. The minimum Gasteiger partial charge on any atom is -0.388 e. The number of nitrogens with one attached hydrogen (secondary N) is 2. The maximum absolute atomic E-state index is 14.6. The summed E-state index contributed by atoms with van der Waals surface area (Å²) in [4.78, 5) is 1.81. The van der Waals surface area contributed by atoms with Crippen molar-refractivity contribution in [2.45, 2.75) is 36.7 Å². The summed E-state index contributed by atoms with van der Waals surface area (Å²) in [7, 11) is 1.73. The van der Waals surface area contributed by atoms with E-state index in [2.05, 4.69) is 17.2 Å². The summed E-state index contributed by atoms with van der Waals surface area (Å²) in [6, 6.07) is 14.7. The van der Waals surface area contributed by atoms with E-state index in [1.807, 2.05) is 23.1 Å². The Labute approximate surface area is 213 Å². The van der Waals surface area contributed by atoms with Crippen molar-refractivity contribution in [2.75, 3.05) is 22.6 Å². The number of alkyl halides is 3. The minimum atomic E-state index is -1.89. The molecule has 0 spiro atoms. The van der Waals surface area contributed by atoms with Crippen molar-refractivity contribution >= 4 is 51.6 Å². The molecular weight excluding hydrogens is 494 g/mol. The smallest absolute Gasteiger partial charge is 0.149 e. The molecule has 0 fully saturated rings. The molecule has 184 valence electrons. The van der Waals surface area contributed by atoms with Crippen LogP contribution in [0.2, 0.25) is 0 Å². The van der Waals surface area contributed by atoms with Crippen molar-refractivity contribution in [3.8, 4) is 0 Å². The first-order valence-corrected chi connectivity index (χ1v) is 11.8. The molecule has 1 heterocycles. The molecule has 3 aromatic rings. The van der Waals surface area contributed by atoms with Crippen molar-refractivity contribution in [3.63, 3.8) is 0 Å². The number of hydrogen-bond acceptors (Lipinski definition) is 3. The maximum Gasteiger partial charge on any atom is 0.149 e. The van der Waals surface area contributed by atoms with E-state index in [4.69, 9.17) is 23.2 Å². The summed E-state index contributed by atoms with van der Waals surface area (Å²) in [5.74, 6) is -1.67. The summed E-state index contributed by atoms with van der Waals surface area (Å²) >= 11 is 13.0. The molecule has 3 aromatic carbocycles. The molecule has 0 aromatic heterocycles. The fraction of sp³-hybridized carbons (Fsp3) is 0.259. The predicted molar refractivity (Wildman–Crippen MR) is 140 cm³/mol. The lowest BCUT2D eigenvalue weighted by molar-refractivity contribution is 0.213. The topological polar surface area (TPSA) is 27.1 Å². The van der Waals surface area contributed by atoms with Gasteiger partial charge in [0, 0.05) is 29.7 Å². The Morgan fingerprint density at radius 2 is 1.54 bits per heavy atom. The number of rotatable bonds is 8. The Bertz CT molecular complexity index is 1300. The van der Waals surface area contributed by atoms with Gasteiger partial charge in [0.1, 0.15) is 21.6 Å². The largest absolute Gasteiger partial charge is 0.388 e. The Balaban J connectivity index is 1.59. The van der Waals surface area contributed by atoms with E-state index in [9.17, 15) is 13.2 Å². The molecule has 1 unspecified atom stereocenters. The Kier molecular flexibility index (Phi) is 6.49. The van der Waals surface area contributed by atoms with Crippen LogP contribution in [0.1, 0.15) is 37.8 Å². The average molecular weight is 520 g/mol. The van der Waals surface area contributed by atoms with E-state index in [0.29, 0.717) is 28.3 Å². The second kappa shape index (κ2) is 8.99. The average Bonchev–Trinajstić information content (AvgIpc) is 3.46. The number of benzene rings is 3. The van der Waals surface area contributed by atoms with Gasteiger partial charge in [0.25, 0.3) is 0 Å². The standard InChI is InChI=1S/C27H26Cl2F3N3/c1-15(25(27(4,28)29)16-6-9-20(30)19(12-16)26(2,3)32)34-18-8-11-23-24(14-18)35(23)22-10-7-17(33-5)13-21(22)31/h6-14,25,33-34H,1H2,2-5H3. The van der Waals surface area contributed by atoms with Gasteiger partial charge in [0.05, 0.1) is 23.0 Å². The number of fused-ring (bicyclic) bond motifs is 1. The van der Waals surface area contributed by atoms with Gasteiger partial charge in [-0.15, -0.1) is 23.2 Å². The zero-order chi connectivity index (χ0) is 25.7. The molecule has 8 heteroatoms. The third-order valence-electron chi connectivity index (χ3n) is 6.01. The zero-order valence-electron chi connectivity index (χ0n) is 19.8. The summed E-state index contributed by atoms with van der Waals surface area (Å²) < 4.78 is 42.1. The molecular formula is C27H26Cl2F3N3. The lowest BCUT2D eigenvalue weighted by atomic mass is 9.88. The van der Waals surface area contributed by atoms with Gasteiger partial charge in [-0.1, -0.05) is 12.6 Å². The van der Waals surface area contributed by atoms with Gasteiger partial charge in [-0.2, -0.15) is 0 Å². The SMILES string of the molecule is C=C(Nc1ccc2c(c1)N2c1ccc(NC)cc1F)C(c1ccc(F)c(C(C)(C)F)c1)C(C)(Cl)Cl. The van der Waals surface area contributed by atoms with Crippen molar-refractivity contribution in [1.29, 1.82) is 0 Å². The van der Waals surface area contributed by atoms with Crippen LogP contribution >= 0.6 is 23.2 Å². The fourth-order valence-electron chi connectivity index (χ4n) is 4.27. The highest BCUT2D eigenvalue weighted by molar-refractivity contribution is 6.48. The first kappa shape index (κ1) is 25.3. The van der Waals surface area contributed by atoms with Gasteiger partial charge in [-0.25, -0.2) is 13.2 Å². The molecule has 0 saturated heterocycles. The Morgan fingerprint density at radius 3 is 2.14 bits per heavy atom. The van der Waals surface area contributed by atoms with Crippen LogP contribution in [0.15, 0.2) is 66.9 Å². The van der Waals surface area contributed by atoms with Crippen LogP contribution in [0, 0.1) is 11.6 Å². The summed E-state index contributed by atoms with van der Waals surface area (Å²) in [5, 5.41) is 6.13. The molecule has 0 aliphatic carbocycles. The third kappa shape index (κ3) is 5.09. The second-order valence-corrected chi connectivity index (χ2v) is 11.0. The minimum absolute atomic E-state index is 0.0862. The highest BCUT2D eigenvalue weighted by atomic mass is 35.5. The van der Waals surface area contributed by atoms with Crippen molar-refractivity contribution in [1.82, 2.24) is 0 Å². The normalized spacial score (nSPS) is 13.8. The van der Waals surface area contributed by atoms with Gasteiger partial charge >= 0.3 is 0 Å². The molecule has 4 rings (SSSR count).